The second kappa shape index (κ2) is 5.15. The highest BCUT2D eigenvalue weighted by molar-refractivity contribution is 8.33. The second-order valence-electron chi connectivity index (χ2n) is 1.72. The Hall–Kier alpha value is 0.440. The molecular formula is C4H7N3S4. The molecule has 1 rings (SSSR count). The molecule has 11 heavy (non-hydrogen) atoms. The van der Waals surface area contributed by atoms with Gasteiger partial charge in [-0.2, -0.15) is 4.13 Å². The summed E-state index contributed by atoms with van der Waals surface area (Å²) >= 11 is 12.7. The van der Waals surface area contributed by atoms with Crippen molar-refractivity contribution >= 4 is 57.0 Å². The van der Waals surface area contributed by atoms with Crippen LogP contribution in [0.25, 0.3) is 0 Å². The van der Waals surface area contributed by atoms with E-state index in [1.54, 1.807) is 0 Å². The summed E-state index contributed by atoms with van der Waals surface area (Å²) in [4.78, 5) is 0. The lowest BCUT2D eigenvalue weighted by Crippen LogP contribution is -2.29. The molecule has 0 aliphatic carbocycles. The third-order valence-corrected chi connectivity index (χ3v) is 3.05. The predicted molar refractivity (Wildman–Crippen MR) is 59.5 cm³/mol. The van der Waals surface area contributed by atoms with Crippen LogP contribution in [0.3, 0.4) is 0 Å². The van der Waals surface area contributed by atoms with Crippen molar-refractivity contribution in [3.8, 4) is 0 Å². The van der Waals surface area contributed by atoms with Crippen molar-refractivity contribution in [2.75, 3.05) is 13.1 Å². The van der Waals surface area contributed by atoms with Crippen molar-refractivity contribution in [3.63, 3.8) is 0 Å². The van der Waals surface area contributed by atoms with Gasteiger partial charge >= 0.3 is 0 Å². The Balaban J connectivity index is 2.35. The van der Waals surface area contributed by atoms with Crippen molar-refractivity contribution in [1.82, 2.24) is 14.8 Å². The molecule has 0 aromatic heterocycles. The van der Waals surface area contributed by atoms with Gasteiger partial charge in [-0.05, 0) is 23.9 Å². The zero-order valence-corrected chi connectivity index (χ0v) is 8.81. The molecule has 0 radical (unpaired) electrons. The zero-order valence-electron chi connectivity index (χ0n) is 5.55. The largest absolute Gasteiger partial charge is 0.368 e. The van der Waals surface area contributed by atoms with Gasteiger partial charge in [-0.1, -0.05) is 24.4 Å². The van der Waals surface area contributed by atoms with Gasteiger partial charge in [0.25, 0.3) is 0 Å². The molecular weight excluding hydrogens is 218 g/mol. The molecule has 1 aliphatic heterocycles. The Kier molecular flexibility index (Phi) is 4.46. The number of nitrogens with one attached hydrogen (secondary N) is 3. The maximum atomic E-state index is 4.96. The first-order chi connectivity index (χ1) is 5.29. The van der Waals surface area contributed by atoms with E-state index in [1.165, 1.54) is 23.9 Å². The first kappa shape index (κ1) is 9.53. The standard InChI is InChI=1S/C4H7N3S4/c8-3-5-1-2-6-4(9)11-7-10-3/h7H,1-2H2,(H,5,8)(H,6,9). The van der Waals surface area contributed by atoms with Gasteiger partial charge in [-0.3, -0.25) is 0 Å². The summed E-state index contributed by atoms with van der Waals surface area (Å²) in [5.41, 5.74) is 0. The van der Waals surface area contributed by atoms with E-state index in [0.29, 0.717) is 0 Å². The molecule has 62 valence electrons. The average molecular weight is 225 g/mol. The molecule has 0 bridgehead atoms. The van der Waals surface area contributed by atoms with Gasteiger partial charge in [0.1, 0.15) is 8.64 Å². The van der Waals surface area contributed by atoms with Crippen molar-refractivity contribution in [2.45, 2.75) is 0 Å². The molecule has 0 spiro atoms. The lowest BCUT2D eigenvalue weighted by Gasteiger charge is -2.02. The van der Waals surface area contributed by atoms with Gasteiger partial charge in [0.05, 0.1) is 0 Å². The van der Waals surface area contributed by atoms with Crippen LogP contribution in [0.5, 0.6) is 0 Å². The summed E-state index contributed by atoms with van der Waals surface area (Å²) in [5, 5.41) is 6.08. The normalized spacial score (nSPS) is 20.7. The van der Waals surface area contributed by atoms with Gasteiger partial charge in [0.15, 0.2) is 0 Å². The smallest absolute Gasteiger partial charge is 0.149 e. The van der Waals surface area contributed by atoms with Crippen molar-refractivity contribution < 1.29 is 0 Å². The third-order valence-electron chi connectivity index (χ3n) is 0.932. The van der Waals surface area contributed by atoms with E-state index in [4.69, 9.17) is 24.4 Å². The molecule has 0 amide bonds. The van der Waals surface area contributed by atoms with Crippen LogP contribution in [0.2, 0.25) is 0 Å². The minimum absolute atomic E-state index is 0.754. The molecule has 3 N–H and O–H groups in total. The highest BCUT2D eigenvalue weighted by Gasteiger charge is 2.02. The van der Waals surface area contributed by atoms with Crippen molar-refractivity contribution in [2.24, 2.45) is 0 Å². The van der Waals surface area contributed by atoms with Crippen LogP contribution in [0.4, 0.5) is 0 Å². The Bertz CT molecular complexity index is 153. The fraction of sp³-hybridized carbons (Fsp3) is 0.500. The van der Waals surface area contributed by atoms with E-state index in [-0.39, 0.29) is 0 Å². The lowest BCUT2D eigenvalue weighted by atomic mass is 10.6. The summed E-state index contributed by atoms with van der Waals surface area (Å²) in [6, 6.07) is 0. The van der Waals surface area contributed by atoms with Crippen LogP contribution in [0.1, 0.15) is 0 Å². The molecule has 1 saturated heterocycles. The van der Waals surface area contributed by atoms with Gasteiger partial charge in [-0.15, -0.1) is 0 Å². The number of thiocarbonyl (C=S) groups is 2. The van der Waals surface area contributed by atoms with Crippen LogP contribution in [0, 0.1) is 0 Å². The van der Waals surface area contributed by atoms with Gasteiger partial charge in [0, 0.05) is 13.1 Å². The monoisotopic (exact) mass is 225 g/mol. The van der Waals surface area contributed by atoms with E-state index >= 15 is 0 Å². The number of rotatable bonds is 0. The average Bonchev–Trinajstić information content (AvgIpc) is 2.04. The van der Waals surface area contributed by atoms with E-state index in [9.17, 15) is 0 Å². The van der Waals surface area contributed by atoms with Crippen LogP contribution < -0.4 is 14.8 Å². The first-order valence-corrected chi connectivity index (χ1v) is 5.38. The number of hydrogen-bond donors (Lipinski definition) is 3. The molecule has 0 saturated carbocycles. The Labute approximate surface area is 84.7 Å². The van der Waals surface area contributed by atoms with Crippen LogP contribution in [-0.4, -0.2) is 21.7 Å². The number of hydrogen-bond acceptors (Lipinski definition) is 5. The van der Waals surface area contributed by atoms with E-state index in [0.717, 1.165) is 21.7 Å². The molecule has 0 unspecified atom stereocenters. The molecule has 1 aliphatic rings. The maximum Gasteiger partial charge on any atom is 0.149 e. The predicted octanol–water partition coefficient (Wildman–Crippen LogP) is 0.635. The van der Waals surface area contributed by atoms with E-state index in [1.807, 2.05) is 0 Å². The minimum Gasteiger partial charge on any atom is -0.368 e. The second-order valence-corrected chi connectivity index (χ2v) is 4.94. The topological polar surface area (TPSA) is 36.1 Å². The molecule has 0 atom stereocenters. The van der Waals surface area contributed by atoms with Gasteiger partial charge in [-0.25, -0.2) is 0 Å². The van der Waals surface area contributed by atoms with Crippen LogP contribution >= 0.6 is 48.3 Å². The minimum atomic E-state index is 0.754. The SMILES string of the molecule is S=C1NCCNC(=S)SNS1. The fourth-order valence-electron chi connectivity index (χ4n) is 0.498. The maximum absolute atomic E-state index is 4.96. The summed E-state index contributed by atoms with van der Waals surface area (Å²) in [6.07, 6.45) is 0. The summed E-state index contributed by atoms with van der Waals surface area (Å²) in [6.45, 7) is 1.63. The van der Waals surface area contributed by atoms with E-state index in [2.05, 4.69) is 14.8 Å². The Morgan fingerprint density at radius 1 is 1.00 bits per heavy atom. The molecule has 0 aromatic rings. The van der Waals surface area contributed by atoms with Gasteiger partial charge < -0.3 is 10.6 Å². The highest BCUT2D eigenvalue weighted by Crippen LogP contribution is 2.06. The lowest BCUT2D eigenvalue weighted by molar-refractivity contribution is 0.834. The summed E-state index contributed by atoms with van der Waals surface area (Å²) in [7, 11) is 0. The molecule has 0 aromatic carbocycles. The van der Waals surface area contributed by atoms with Gasteiger partial charge in [0.2, 0.25) is 0 Å². The Morgan fingerprint density at radius 3 is 1.91 bits per heavy atom. The van der Waals surface area contributed by atoms with Crippen LogP contribution in [-0.2, 0) is 0 Å². The van der Waals surface area contributed by atoms with Crippen molar-refractivity contribution in [3.05, 3.63) is 0 Å². The Morgan fingerprint density at radius 2 is 1.45 bits per heavy atom. The molecule has 1 fully saturated rings. The third kappa shape index (κ3) is 4.12. The zero-order chi connectivity index (χ0) is 8.10. The quantitative estimate of drug-likeness (QED) is 0.412. The summed E-state index contributed by atoms with van der Waals surface area (Å²) < 4.78 is 4.46. The molecule has 3 nitrogen and oxygen atoms in total. The van der Waals surface area contributed by atoms with Crippen LogP contribution in [0.15, 0.2) is 0 Å². The molecule has 1 heterocycles. The molecule has 7 heteroatoms. The van der Waals surface area contributed by atoms with E-state index < -0.39 is 0 Å². The fourth-order valence-corrected chi connectivity index (χ4v) is 2.43. The van der Waals surface area contributed by atoms with Crippen molar-refractivity contribution in [1.29, 1.82) is 0 Å². The highest BCUT2D eigenvalue weighted by atomic mass is 32.2. The summed E-state index contributed by atoms with van der Waals surface area (Å²) in [5.74, 6) is 0. The first-order valence-electron chi connectivity index (χ1n) is 2.93.